The number of hydrogen-bond acceptors (Lipinski definition) is 6. The van der Waals surface area contributed by atoms with Crippen molar-refractivity contribution in [1.29, 1.82) is 0 Å². The Morgan fingerprint density at radius 3 is 2.58 bits per heavy atom. The molecule has 1 saturated carbocycles. The largest absolute Gasteiger partial charge is 0.478 e. The fourth-order valence-electron chi connectivity index (χ4n) is 2.96. The molecule has 1 fully saturated rings. The number of carboxylic acids is 1. The maximum Gasteiger partial charge on any atom is 0.406 e. The standard InChI is InChI=1S/C18H15F3N6O4/c19-18(20,21)8-26-3-4-27-14(16(26)29)12(7-23-27)24-11-5-13(22-6-10(11)17(30)31)25-15(28)9-1-2-9/h3-7,9H,1-2,8H2,(H,30,31)(H2,22,24,25,28). The molecule has 0 radical (unpaired) electrons. The van der Waals surface area contributed by atoms with E-state index in [-0.39, 0.29) is 40.1 Å². The molecule has 1 aliphatic rings. The van der Waals surface area contributed by atoms with Crippen molar-refractivity contribution < 1.29 is 27.9 Å². The average molecular weight is 436 g/mol. The van der Waals surface area contributed by atoms with Crippen LogP contribution in [0, 0.1) is 5.92 Å². The maximum absolute atomic E-state index is 12.7. The molecule has 3 aromatic heterocycles. The predicted molar refractivity (Wildman–Crippen MR) is 101 cm³/mol. The van der Waals surface area contributed by atoms with Gasteiger partial charge in [0, 0.05) is 30.6 Å². The number of rotatable bonds is 6. The van der Waals surface area contributed by atoms with Crippen LogP contribution < -0.4 is 16.2 Å². The first-order valence-corrected chi connectivity index (χ1v) is 9.07. The molecule has 4 rings (SSSR count). The highest BCUT2D eigenvalue weighted by atomic mass is 19.4. The molecule has 1 aliphatic carbocycles. The van der Waals surface area contributed by atoms with Gasteiger partial charge in [-0.1, -0.05) is 0 Å². The third kappa shape index (κ3) is 4.34. The fourth-order valence-corrected chi connectivity index (χ4v) is 2.96. The molecule has 0 aliphatic heterocycles. The molecule has 162 valence electrons. The highest BCUT2D eigenvalue weighted by Crippen LogP contribution is 2.31. The van der Waals surface area contributed by atoms with Crippen LogP contribution >= 0.6 is 0 Å². The number of carboxylic acid groups (broad SMARTS) is 1. The van der Waals surface area contributed by atoms with Gasteiger partial charge in [0.15, 0.2) is 5.52 Å². The van der Waals surface area contributed by atoms with Crippen LogP contribution in [-0.4, -0.2) is 42.3 Å². The van der Waals surface area contributed by atoms with Gasteiger partial charge in [0.25, 0.3) is 5.56 Å². The molecular weight excluding hydrogens is 421 g/mol. The van der Waals surface area contributed by atoms with Gasteiger partial charge in [0.2, 0.25) is 5.91 Å². The number of halogens is 3. The maximum atomic E-state index is 12.7. The lowest BCUT2D eigenvalue weighted by atomic mass is 10.2. The van der Waals surface area contributed by atoms with Crippen molar-refractivity contribution in [1.82, 2.24) is 19.2 Å². The van der Waals surface area contributed by atoms with Crippen molar-refractivity contribution in [3.05, 3.63) is 46.8 Å². The van der Waals surface area contributed by atoms with E-state index >= 15 is 0 Å². The smallest absolute Gasteiger partial charge is 0.406 e. The van der Waals surface area contributed by atoms with Gasteiger partial charge in [-0.05, 0) is 12.8 Å². The number of pyridine rings is 1. The second kappa shape index (κ2) is 7.41. The molecule has 0 atom stereocenters. The molecule has 0 saturated heterocycles. The number of nitrogens with one attached hydrogen (secondary N) is 2. The van der Waals surface area contributed by atoms with Crippen LogP contribution in [0.4, 0.5) is 30.4 Å². The zero-order chi connectivity index (χ0) is 22.3. The Kier molecular flexibility index (Phi) is 4.87. The van der Waals surface area contributed by atoms with Crippen LogP contribution in [0.5, 0.6) is 0 Å². The average Bonchev–Trinajstić information content (AvgIpc) is 3.45. The fraction of sp³-hybridized carbons (Fsp3) is 0.278. The van der Waals surface area contributed by atoms with Crippen LogP contribution in [-0.2, 0) is 11.3 Å². The van der Waals surface area contributed by atoms with E-state index in [1.54, 1.807) is 0 Å². The summed E-state index contributed by atoms with van der Waals surface area (Å²) in [6.07, 6.45) is 1.27. The molecular formula is C18H15F3N6O4. The van der Waals surface area contributed by atoms with Gasteiger partial charge in [0.05, 0.1) is 17.6 Å². The Labute approximate surface area is 171 Å². The summed E-state index contributed by atoms with van der Waals surface area (Å²) in [5.41, 5.74) is -1.46. The number of fused-ring (bicyclic) bond motifs is 1. The topological polar surface area (TPSA) is 131 Å². The van der Waals surface area contributed by atoms with E-state index in [1.165, 1.54) is 18.5 Å². The summed E-state index contributed by atoms with van der Waals surface area (Å²) in [4.78, 5) is 40.0. The van der Waals surface area contributed by atoms with E-state index in [9.17, 15) is 32.7 Å². The lowest BCUT2D eigenvalue weighted by Gasteiger charge is -2.12. The minimum atomic E-state index is -4.61. The first kappa shape index (κ1) is 20.4. The van der Waals surface area contributed by atoms with Gasteiger partial charge >= 0.3 is 12.1 Å². The summed E-state index contributed by atoms with van der Waals surface area (Å²) in [5.74, 6) is -1.59. The molecule has 3 aromatic rings. The van der Waals surface area contributed by atoms with Crippen LogP contribution in [0.15, 0.2) is 35.6 Å². The molecule has 1 amide bonds. The Bertz CT molecular complexity index is 1250. The number of carbonyl (C=O) groups is 2. The molecule has 13 heteroatoms. The molecule has 3 N–H and O–H groups in total. The third-order valence-corrected chi connectivity index (χ3v) is 4.60. The van der Waals surface area contributed by atoms with Crippen LogP contribution in [0.3, 0.4) is 0 Å². The van der Waals surface area contributed by atoms with Crippen LogP contribution in [0.1, 0.15) is 23.2 Å². The number of carbonyl (C=O) groups excluding carboxylic acids is 1. The van der Waals surface area contributed by atoms with Crippen molar-refractivity contribution in [2.75, 3.05) is 10.6 Å². The Morgan fingerprint density at radius 1 is 1.19 bits per heavy atom. The van der Waals surface area contributed by atoms with Crippen molar-refractivity contribution in [2.24, 2.45) is 5.92 Å². The second-order valence-corrected chi connectivity index (χ2v) is 7.01. The van der Waals surface area contributed by atoms with E-state index in [0.717, 1.165) is 29.8 Å². The van der Waals surface area contributed by atoms with Crippen molar-refractivity contribution in [2.45, 2.75) is 25.6 Å². The highest BCUT2D eigenvalue weighted by molar-refractivity contribution is 5.98. The monoisotopic (exact) mass is 436 g/mol. The highest BCUT2D eigenvalue weighted by Gasteiger charge is 2.30. The Morgan fingerprint density at radius 2 is 1.94 bits per heavy atom. The zero-order valence-electron chi connectivity index (χ0n) is 15.7. The zero-order valence-corrected chi connectivity index (χ0v) is 15.7. The molecule has 0 unspecified atom stereocenters. The van der Waals surface area contributed by atoms with E-state index in [2.05, 4.69) is 20.7 Å². The summed E-state index contributed by atoms with van der Waals surface area (Å²) >= 11 is 0. The van der Waals surface area contributed by atoms with Crippen LogP contribution in [0.25, 0.3) is 5.52 Å². The predicted octanol–water partition coefficient (Wildman–Crippen LogP) is 2.24. The summed E-state index contributed by atoms with van der Waals surface area (Å²) in [5, 5.41) is 18.6. The molecule has 0 aromatic carbocycles. The Balaban J connectivity index is 1.72. The van der Waals surface area contributed by atoms with Crippen molar-refractivity contribution in [3.63, 3.8) is 0 Å². The van der Waals surface area contributed by atoms with Gasteiger partial charge in [-0.2, -0.15) is 18.3 Å². The van der Waals surface area contributed by atoms with Gasteiger partial charge in [0.1, 0.15) is 17.9 Å². The van der Waals surface area contributed by atoms with Gasteiger partial charge in [-0.3, -0.25) is 9.59 Å². The number of aromatic carboxylic acids is 1. The quantitative estimate of drug-likeness (QED) is 0.540. The summed E-state index contributed by atoms with van der Waals surface area (Å²) in [7, 11) is 0. The minimum Gasteiger partial charge on any atom is -0.478 e. The van der Waals surface area contributed by atoms with Crippen molar-refractivity contribution in [3.8, 4) is 0 Å². The van der Waals surface area contributed by atoms with Gasteiger partial charge < -0.3 is 20.3 Å². The first-order chi connectivity index (χ1) is 14.6. The first-order valence-electron chi connectivity index (χ1n) is 9.07. The Hall–Kier alpha value is -3.90. The normalized spacial score (nSPS) is 13.9. The minimum absolute atomic E-state index is 0.00491. The molecule has 10 nitrogen and oxygen atoms in total. The number of nitrogens with zero attached hydrogens (tertiary/aromatic N) is 4. The number of aromatic nitrogens is 4. The number of anilines is 3. The van der Waals surface area contributed by atoms with E-state index < -0.39 is 24.2 Å². The van der Waals surface area contributed by atoms with E-state index in [0.29, 0.717) is 4.57 Å². The molecule has 0 spiro atoms. The third-order valence-electron chi connectivity index (χ3n) is 4.60. The number of hydrogen-bond donors (Lipinski definition) is 3. The van der Waals surface area contributed by atoms with Crippen LogP contribution in [0.2, 0.25) is 0 Å². The molecule has 0 bridgehead atoms. The lowest BCUT2D eigenvalue weighted by molar-refractivity contribution is -0.141. The van der Waals surface area contributed by atoms with Crippen molar-refractivity contribution >= 4 is 34.6 Å². The number of amides is 1. The van der Waals surface area contributed by atoms with E-state index in [4.69, 9.17) is 0 Å². The molecule has 3 heterocycles. The summed E-state index contributed by atoms with van der Waals surface area (Å²) in [6, 6.07) is 1.27. The lowest BCUT2D eigenvalue weighted by Crippen LogP contribution is -2.28. The molecule has 31 heavy (non-hydrogen) atoms. The number of alkyl halides is 3. The van der Waals surface area contributed by atoms with Gasteiger partial charge in [-0.25, -0.2) is 14.3 Å². The SMILES string of the molecule is O=C(O)c1cnc(NC(=O)C2CC2)cc1Nc1cnn2ccn(CC(F)(F)F)c(=O)c12. The van der Waals surface area contributed by atoms with E-state index in [1.807, 2.05) is 0 Å². The van der Waals surface area contributed by atoms with Gasteiger partial charge in [-0.15, -0.1) is 0 Å². The summed E-state index contributed by atoms with van der Waals surface area (Å²) in [6.45, 7) is -1.49. The second-order valence-electron chi connectivity index (χ2n) is 7.01. The summed E-state index contributed by atoms with van der Waals surface area (Å²) < 4.78 is 39.8.